The van der Waals surface area contributed by atoms with Gasteiger partial charge in [-0.3, -0.25) is 4.90 Å². The van der Waals surface area contributed by atoms with Gasteiger partial charge in [0.25, 0.3) is 0 Å². The van der Waals surface area contributed by atoms with Crippen LogP contribution in [0.3, 0.4) is 0 Å². The molecule has 2 nitrogen and oxygen atoms in total. The van der Waals surface area contributed by atoms with Crippen molar-refractivity contribution in [2.24, 2.45) is 0 Å². The molecular weight excluding hydrogens is 287 g/mol. The molecule has 1 aliphatic rings. The summed E-state index contributed by atoms with van der Waals surface area (Å²) in [6.45, 7) is 9.53. The Morgan fingerprint density at radius 3 is 2.81 bits per heavy atom. The molecule has 1 aromatic carbocycles. The molecule has 4 heteroatoms. The van der Waals surface area contributed by atoms with Crippen LogP contribution in [-0.2, 0) is 6.54 Å². The first-order valence-electron chi connectivity index (χ1n) is 7.91. The fourth-order valence-electron chi connectivity index (χ4n) is 3.03. The Morgan fingerprint density at radius 1 is 1.43 bits per heavy atom. The molecule has 1 saturated heterocycles. The number of piperazine rings is 1. The molecule has 2 unspecified atom stereocenters. The van der Waals surface area contributed by atoms with E-state index in [2.05, 4.69) is 31.0 Å². The van der Waals surface area contributed by atoms with E-state index in [0.29, 0.717) is 11.1 Å². The van der Waals surface area contributed by atoms with Gasteiger partial charge in [0.15, 0.2) is 0 Å². The molecule has 1 N–H and O–H groups in total. The zero-order valence-electron chi connectivity index (χ0n) is 13.3. The van der Waals surface area contributed by atoms with Gasteiger partial charge in [-0.2, -0.15) is 0 Å². The highest BCUT2D eigenvalue weighted by Gasteiger charge is 2.36. The third kappa shape index (κ3) is 3.97. The van der Waals surface area contributed by atoms with E-state index in [1.807, 2.05) is 6.07 Å². The van der Waals surface area contributed by atoms with Gasteiger partial charge < -0.3 is 5.32 Å². The second-order valence-electron chi connectivity index (χ2n) is 6.33. The summed E-state index contributed by atoms with van der Waals surface area (Å²) in [5.74, 6) is -0.272. The standard InChI is InChI=1S/C17H26ClFN2/c1-4-6-15-11-21(17(3,5-2)12-20-15)10-13-7-8-14(19)9-16(13)18/h7-9,15,20H,4-6,10-12H2,1-3H3. The van der Waals surface area contributed by atoms with Crippen LogP contribution in [0.1, 0.15) is 45.6 Å². The Morgan fingerprint density at radius 2 is 2.19 bits per heavy atom. The maximum absolute atomic E-state index is 13.2. The van der Waals surface area contributed by atoms with E-state index >= 15 is 0 Å². The first kappa shape index (κ1) is 16.7. The van der Waals surface area contributed by atoms with Crippen LogP contribution in [0.15, 0.2) is 18.2 Å². The predicted octanol–water partition coefficient (Wildman–Crippen LogP) is 4.22. The van der Waals surface area contributed by atoms with Crippen molar-refractivity contribution in [3.05, 3.63) is 34.6 Å². The van der Waals surface area contributed by atoms with Crippen LogP contribution in [0.25, 0.3) is 0 Å². The fraction of sp³-hybridized carbons (Fsp3) is 0.647. The van der Waals surface area contributed by atoms with Gasteiger partial charge in [0, 0.05) is 36.2 Å². The summed E-state index contributed by atoms with van der Waals surface area (Å²) in [5.41, 5.74) is 1.14. The van der Waals surface area contributed by atoms with Crippen molar-refractivity contribution < 1.29 is 4.39 Å². The van der Waals surface area contributed by atoms with Gasteiger partial charge in [0.2, 0.25) is 0 Å². The van der Waals surface area contributed by atoms with E-state index in [0.717, 1.165) is 31.6 Å². The summed E-state index contributed by atoms with van der Waals surface area (Å²) in [5, 5.41) is 4.19. The summed E-state index contributed by atoms with van der Waals surface area (Å²) >= 11 is 6.20. The molecule has 1 fully saturated rings. The summed E-state index contributed by atoms with van der Waals surface area (Å²) in [6, 6.07) is 5.25. The van der Waals surface area contributed by atoms with Crippen LogP contribution in [0.4, 0.5) is 4.39 Å². The number of benzene rings is 1. The molecule has 1 aromatic rings. The topological polar surface area (TPSA) is 15.3 Å². The van der Waals surface area contributed by atoms with Gasteiger partial charge in [-0.05, 0) is 37.5 Å². The molecule has 118 valence electrons. The van der Waals surface area contributed by atoms with Crippen LogP contribution < -0.4 is 5.32 Å². The first-order chi connectivity index (χ1) is 9.98. The van der Waals surface area contributed by atoms with Crippen molar-refractivity contribution in [3.63, 3.8) is 0 Å². The lowest BCUT2D eigenvalue weighted by atomic mass is 9.90. The Hall–Kier alpha value is -0.640. The van der Waals surface area contributed by atoms with Gasteiger partial charge in [-0.1, -0.05) is 37.9 Å². The summed E-state index contributed by atoms with van der Waals surface area (Å²) in [4.78, 5) is 2.50. The lowest BCUT2D eigenvalue weighted by Crippen LogP contribution is -2.62. The highest BCUT2D eigenvalue weighted by atomic mass is 35.5. The van der Waals surface area contributed by atoms with E-state index < -0.39 is 0 Å². The Bertz CT molecular complexity index is 480. The van der Waals surface area contributed by atoms with E-state index in [1.54, 1.807) is 0 Å². The predicted molar refractivity (Wildman–Crippen MR) is 87.2 cm³/mol. The number of hydrogen-bond acceptors (Lipinski definition) is 2. The van der Waals surface area contributed by atoms with Gasteiger partial charge in [-0.25, -0.2) is 4.39 Å². The van der Waals surface area contributed by atoms with Crippen molar-refractivity contribution >= 4 is 11.6 Å². The second-order valence-corrected chi connectivity index (χ2v) is 6.74. The van der Waals surface area contributed by atoms with Gasteiger partial charge in [0.05, 0.1) is 0 Å². The normalized spacial score (nSPS) is 27.0. The monoisotopic (exact) mass is 312 g/mol. The number of hydrogen-bond donors (Lipinski definition) is 1. The molecule has 0 aromatic heterocycles. The van der Waals surface area contributed by atoms with E-state index in [1.165, 1.54) is 25.0 Å². The molecule has 0 bridgehead atoms. The van der Waals surface area contributed by atoms with Gasteiger partial charge in [0.1, 0.15) is 5.82 Å². The summed E-state index contributed by atoms with van der Waals surface area (Å²) < 4.78 is 13.2. The summed E-state index contributed by atoms with van der Waals surface area (Å²) in [7, 11) is 0. The molecule has 0 spiro atoms. The van der Waals surface area contributed by atoms with Crippen LogP contribution >= 0.6 is 11.6 Å². The average molecular weight is 313 g/mol. The van der Waals surface area contributed by atoms with Crippen molar-refractivity contribution in [2.75, 3.05) is 13.1 Å². The maximum Gasteiger partial charge on any atom is 0.124 e. The quantitative estimate of drug-likeness (QED) is 0.875. The van der Waals surface area contributed by atoms with Crippen molar-refractivity contribution in [1.29, 1.82) is 0 Å². The van der Waals surface area contributed by atoms with Crippen LogP contribution in [-0.4, -0.2) is 29.6 Å². The molecule has 21 heavy (non-hydrogen) atoms. The van der Waals surface area contributed by atoms with Crippen LogP contribution in [0.2, 0.25) is 5.02 Å². The fourth-order valence-corrected chi connectivity index (χ4v) is 3.26. The molecular formula is C17H26ClFN2. The Kier molecular flexibility index (Phi) is 5.64. The molecule has 0 amide bonds. The minimum absolute atomic E-state index is 0.127. The lowest BCUT2D eigenvalue weighted by Gasteiger charge is -2.48. The highest BCUT2D eigenvalue weighted by Crippen LogP contribution is 2.28. The van der Waals surface area contributed by atoms with Gasteiger partial charge >= 0.3 is 0 Å². The Balaban J connectivity index is 2.16. The molecule has 0 radical (unpaired) electrons. The minimum Gasteiger partial charge on any atom is -0.311 e. The number of rotatable bonds is 5. The van der Waals surface area contributed by atoms with E-state index in [4.69, 9.17) is 11.6 Å². The van der Waals surface area contributed by atoms with Crippen LogP contribution in [0.5, 0.6) is 0 Å². The number of halogens is 2. The molecule has 0 aliphatic carbocycles. The second kappa shape index (κ2) is 7.08. The lowest BCUT2D eigenvalue weighted by molar-refractivity contribution is 0.0397. The number of nitrogens with zero attached hydrogens (tertiary/aromatic N) is 1. The minimum atomic E-state index is -0.272. The van der Waals surface area contributed by atoms with Crippen molar-refractivity contribution in [2.45, 2.75) is 58.2 Å². The van der Waals surface area contributed by atoms with E-state index in [9.17, 15) is 4.39 Å². The van der Waals surface area contributed by atoms with E-state index in [-0.39, 0.29) is 11.4 Å². The SMILES string of the molecule is CCCC1CN(Cc2ccc(F)cc2Cl)C(C)(CC)CN1. The van der Waals surface area contributed by atoms with Crippen molar-refractivity contribution in [1.82, 2.24) is 10.2 Å². The summed E-state index contributed by atoms with van der Waals surface area (Å²) in [6.07, 6.45) is 3.46. The molecule has 2 atom stereocenters. The van der Waals surface area contributed by atoms with Gasteiger partial charge in [-0.15, -0.1) is 0 Å². The molecule has 0 saturated carbocycles. The zero-order valence-corrected chi connectivity index (χ0v) is 14.0. The molecule has 1 heterocycles. The highest BCUT2D eigenvalue weighted by molar-refractivity contribution is 6.31. The molecule has 1 aliphatic heterocycles. The van der Waals surface area contributed by atoms with Crippen LogP contribution in [0, 0.1) is 5.82 Å². The Labute approximate surface area is 132 Å². The maximum atomic E-state index is 13.2. The third-order valence-electron chi connectivity index (χ3n) is 4.75. The van der Waals surface area contributed by atoms with Crippen molar-refractivity contribution in [3.8, 4) is 0 Å². The zero-order chi connectivity index (χ0) is 15.5. The first-order valence-corrected chi connectivity index (χ1v) is 8.28. The largest absolute Gasteiger partial charge is 0.311 e. The molecule has 2 rings (SSSR count). The average Bonchev–Trinajstić information content (AvgIpc) is 2.46. The third-order valence-corrected chi connectivity index (χ3v) is 5.10. The number of nitrogens with one attached hydrogen (secondary N) is 1. The smallest absolute Gasteiger partial charge is 0.124 e.